The summed E-state index contributed by atoms with van der Waals surface area (Å²) in [4.78, 5) is 18.4. The molecule has 2 aliphatic heterocycles. The van der Waals surface area contributed by atoms with Gasteiger partial charge in [-0.1, -0.05) is 0 Å². The van der Waals surface area contributed by atoms with Crippen LogP contribution in [0.15, 0.2) is 30.9 Å². The lowest BCUT2D eigenvalue weighted by Crippen LogP contribution is -2.48. The lowest BCUT2D eigenvalue weighted by atomic mass is 9.89. The van der Waals surface area contributed by atoms with E-state index in [1.54, 1.807) is 18.5 Å². The fraction of sp³-hybridized carbons (Fsp3) is 0.500. The van der Waals surface area contributed by atoms with Gasteiger partial charge in [0, 0.05) is 31.9 Å². The van der Waals surface area contributed by atoms with Gasteiger partial charge in [0.1, 0.15) is 6.10 Å². The number of rotatable bonds is 3. The van der Waals surface area contributed by atoms with Crippen molar-refractivity contribution in [2.24, 2.45) is 0 Å². The molecule has 2 aromatic rings. The van der Waals surface area contributed by atoms with Gasteiger partial charge in [-0.25, -0.2) is 24.3 Å². The highest BCUT2D eigenvalue weighted by molar-refractivity contribution is 5.31. The maximum absolute atomic E-state index is 13.0. The minimum atomic E-state index is -0.432. The van der Waals surface area contributed by atoms with Crippen molar-refractivity contribution in [3.05, 3.63) is 36.7 Å². The second-order valence-corrected chi connectivity index (χ2v) is 6.20. The summed E-state index contributed by atoms with van der Waals surface area (Å²) in [5.74, 6) is 0.105. The summed E-state index contributed by atoms with van der Waals surface area (Å²) < 4.78 is 24.9. The molecular weight excluding hydrogens is 313 g/mol. The van der Waals surface area contributed by atoms with Crippen LogP contribution in [0.4, 0.5) is 10.3 Å². The summed E-state index contributed by atoms with van der Waals surface area (Å²) >= 11 is 0. The molecular formula is C16H18FN5O2. The van der Waals surface area contributed by atoms with Crippen LogP contribution in [0.25, 0.3) is 0 Å². The Morgan fingerprint density at radius 3 is 2.79 bits per heavy atom. The van der Waals surface area contributed by atoms with Crippen LogP contribution < -0.4 is 9.64 Å². The van der Waals surface area contributed by atoms with Gasteiger partial charge in [0.25, 0.3) is 0 Å². The van der Waals surface area contributed by atoms with Gasteiger partial charge in [-0.3, -0.25) is 0 Å². The maximum atomic E-state index is 13.0. The third kappa shape index (κ3) is 3.14. The van der Waals surface area contributed by atoms with E-state index in [1.807, 2.05) is 4.90 Å². The van der Waals surface area contributed by atoms with E-state index in [1.165, 1.54) is 12.4 Å². The van der Waals surface area contributed by atoms with Crippen LogP contribution in [0.2, 0.25) is 0 Å². The molecule has 2 aliphatic rings. The van der Waals surface area contributed by atoms with Gasteiger partial charge in [0.05, 0.1) is 24.6 Å². The van der Waals surface area contributed by atoms with Gasteiger partial charge >= 0.3 is 6.01 Å². The summed E-state index contributed by atoms with van der Waals surface area (Å²) in [6.45, 7) is 2.02. The topological polar surface area (TPSA) is 73.3 Å². The fourth-order valence-electron chi connectivity index (χ4n) is 3.40. The average molecular weight is 331 g/mol. The average Bonchev–Trinajstić information content (AvgIpc) is 2.98. The quantitative estimate of drug-likeness (QED) is 0.846. The number of hydrogen-bond donors (Lipinski definition) is 0. The van der Waals surface area contributed by atoms with E-state index in [4.69, 9.17) is 9.47 Å². The Morgan fingerprint density at radius 1 is 1.21 bits per heavy atom. The van der Waals surface area contributed by atoms with Crippen LogP contribution in [0.3, 0.4) is 0 Å². The Labute approximate surface area is 138 Å². The number of halogens is 1. The van der Waals surface area contributed by atoms with E-state index in [0.717, 1.165) is 25.8 Å². The van der Waals surface area contributed by atoms with Crippen LogP contribution in [-0.4, -0.2) is 51.3 Å². The van der Waals surface area contributed by atoms with E-state index in [0.29, 0.717) is 25.1 Å². The summed E-state index contributed by atoms with van der Waals surface area (Å²) in [7, 11) is 0. The van der Waals surface area contributed by atoms with E-state index >= 15 is 0 Å². The molecule has 4 rings (SSSR count). The van der Waals surface area contributed by atoms with Gasteiger partial charge in [-0.2, -0.15) is 0 Å². The number of ether oxygens (including phenoxy) is 2. The van der Waals surface area contributed by atoms with Crippen molar-refractivity contribution in [3.8, 4) is 6.01 Å². The van der Waals surface area contributed by atoms with Crippen molar-refractivity contribution in [2.75, 3.05) is 24.6 Å². The minimum absolute atomic E-state index is 0.0681. The van der Waals surface area contributed by atoms with E-state index in [-0.39, 0.29) is 11.7 Å². The first-order valence-electron chi connectivity index (χ1n) is 8.03. The summed E-state index contributed by atoms with van der Waals surface area (Å²) in [5, 5.41) is 0. The molecule has 0 bridgehead atoms. The Hall–Kier alpha value is -2.35. The first kappa shape index (κ1) is 15.2. The Balaban J connectivity index is 1.43. The van der Waals surface area contributed by atoms with Gasteiger partial charge in [0.2, 0.25) is 5.95 Å². The highest BCUT2D eigenvalue weighted by Gasteiger charge is 2.45. The molecule has 0 saturated carbocycles. The van der Waals surface area contributed by atoms with E-state index in [2.05, 4.69) is 19.9 Å². The second-order valence-electron chi connectivity index (χ2n) is 6.20. The molecule has 0 radical (unpaired) electrons. The van der Waals surface area contributed by atoms with E-state index in [9.17, 15) is 4.39 Å². The minimum Gasteiger partial charge on any atom is -0.458 e. The molecule has 0 aliphatic carbocycles. The zero-order valence-electron chi connectivity index (χ0n) is 13.1. The zero-order valence-corrected chi connectivity index (χ0v) is 13.1. The molecule has 4 heterocycles. The molecule has 126 valence electrons. The second kappa shape index (κ2) is 6.27. The predicted octanol–water partition coefficient (Wildman–Crippen LogP) is 1.61. The van der Waals surface area contributed by atoms with Gasteiger partial charge in [-0.05, 0) is 18.9 Å². The predicted molar refractivity (Wildman–Crippen MR) is 83.2 cm³/mol. The van der Waals surface area contributed by atoms with Crippen molar-refractivity contribution in [1.29, 1.82) is 0 Å². The first-order chi connectivity index (χ1) is 11.7. The normalized spacial score (nSPS) is 26.7. The fourth-order valence-corrected chi connectivity index (χ4v) is 3.40. The van der Waals surface area contributed by atoms with Crippen LogP contribution in [-0.2, 0) is 4.74 Å². The molecule has 24 heavy (non-hydrogen) atoms. The molecule has 7 nitrogen and oxygen atoms in total. The smallest absolute Gasteiger partial charge is 0.316 e. The van der Waals surface area contributed by atoms with Crippen LogP contribution >= 0.6 is 0 Å². The number of anilines is 1. The number of nitrogens with zero attached hydrogens (tertiary/aromatic N) is 5. The molecule has 0 aromatic carbocycles. The molecule has 0 N–H and O–H groups in total. The first-order valence-corrected chi connectivity index (χ1v) is 8.03. The van der Waals surface area contributed by atoms with Crippen molar-refractivity contribution in [3.63, 3.8) is 0 Å². The monoisotopic (exact) mass is 331 g/mol. The number of aromatic nitrogens is 4. The maximum Gasteiger partial charge on any atom is 0.316 e. The molecule has 1 spiro atoms. The largest absolute Gasteiger partial charge is 0.458 e. The number of piperidine rings is 1. The Kier molecular flexibility index (Phi) is 3.97. The van der Waals surface area contributed by atoms with Gasteiger partial charge in [-0.15, -0.1) is 0 Å². The lowest BCUT2D eigenvalue weighted by molar-refractivity contribution is -0.00859. The van der Waals surface area contributed by atoms with Crippen LogP contribution in [0, 0.1) is 5.82 Å². The lowest BCUT2D eigenvalue weighted by Gasteiger charge is -2.39. The zero-order chi connectivity index (χ0) is 16.4. The Bertz CT molecular complexity index is 687. The molecule has 2 saturated heterocycles. The molecule has 2 aromatic heterocycles. The van der Waals surface area contributed by atoms with E-state index < -0.39 is 5.82 Å². The summed E-state index contributed by atoms with van der Waals surface area (Å²) in [6.07, 6.45) is 8.32. The molecule has 8 heteroatoms. The van der Waals surface area contributed by atoms with Crippen LogP contribution in [0.1, 0.15) is 19.3 Å². The summed E-state index contributed by atoms with van der Waals surface area (Å²) in [5.41, 5.74) is -0.282. The highest BCUT2D eigenvalue weighted by Crippen LogP contribution is 2.36. The molecule has 2 fully saturated rings. The summed E-state index contributed by atoms with van der Waals surface area (Å²) in [6, 6.07) is 2.12. The van der Waals surface area contributed by atoms with Crippen LogP contribution in [0.5, 0.6) is 6.01 Å². The Morgan fingerprint density at radius 2 is 2.00 bits per heavy atom. The molecule has 2 atom stereocenters. The van der Waals surface area contributed by atoms with Crippen molar-refractivity contribution >= 4 is 5.95 Å². The van der Waals surface area contributed by atoms with Crippen molar-refractivity contribution < 1.29 is 13.9 Å². The molecule has 0 amide bonds. The SMILES string of the molecule is Fc1cnc(N2CCC[C@@]3(C[C@H](Oc4ncccn4)CO3)C2)nc1. The molecule has 0 unspecified atom stereocenters. The van der Waals surface area contributed by atoms with Crippen molar-refractivity contribution in [1.82, 2.24) is 19.9 Å². The van der Waals surface area contributed by atoms with Gasteiger partial charge < -0.3 is 14.4 Å². The third-order valence-electron chi connectivity index (χ3n) is 4.42. The highest BCUT2D eigenvalue weighted by atomic mass is 19.1. The third-order valence-corrected chi connectivity index (χ3v) is 4.42. The number of hydrogen-bond acceptors (Lipinski definition) is 7. The standard InChI is InChI=1S/C16H18FN5O2/c17-12-8-20-14(21-9-12)22-6-1-3-16(11-22)7-13(10-23-16)24-15-18-4-2-5-19-15/h2,4-5,8-9,13H,1,3,6-7,10-11H2/t13-,16+/m0/s1. The van der Waals surface area contributed by atoms with Crippen molar-refractivity contribution in [2.45, 2.75) is 31.0 Å². The van der Waals surface area contributed by atoms with Gasteiger partial charge in [0.15, 0.2) is 5.82 Å².